The number of carbonyl (C=O) groups is 1. The third-order valence-electron chi connectivity index (χ3n) is 4.49. The van der Waals surface area contributed by atoms with Gasteiger partial charge in [-0.15, -0.1) is 0 Å². The molecular formula is C16H22N2O2. The second-order valence-corrected chi connectivity index (χ2v) is 5.62. The molecule has 4 nitrogen and oxygen atoms in total. The molecule has 0 radical (unpaired) electrons. The highest BCUT2D eigenvalue weighted by molar-refractivity contribution is 5.80. The van der Waals surface area contributed by atoms with Crippen LogP contribution in [-0.2, 0) is 16.0 Å². The topological polar surface area (TPSA) is 55.6 Å². The van der Waals surface area contributed by atoms with Crippen LogP contribution in [-0.4, -0.2) is 37.1 Å². The minimum Gasteiger partial charge on any atom is -0.381 e. The van der Waals surface area contributed by atoms with Gasteiger partial charge in [0.15, 0.2) is 0 Å². The molecule has 0 bridgehead atoms. The van der Waals surface area contributed by atoms with Gasteiger partial charge in [-0.3, -0.25) is 4.79 Å². The van der Waals surface area contributed by atoms with Crippen LogP contribution in [0.2, 0.25) is 0 Å². The van der Waals surface area contributed by atoms with Gasteiger partial charge < -0.3 is 15.4 Å². The summed E-state index contributed by atoms with van der Waals surface area (Å²) in [4.78, 5) is 14.7. The number of hydrogen-bond donors (Lipinski definition) is 1. The molecule has 2 aliphatic rings. The molecule has 1 aromatic rings. The third-order valence-corrected chi connectivity index (χ3v) is 4.49. The minimum absolute atomic E-state index is 0.0373. The molecule has 0 aliphatic carbocycles. The molecule has 108 valence electrons. The number of amides is 1. The van der Waals surface area contributed by atoms with Crippen molar-refractivity contribution >= 4 is 5.91 Å². The molecule has 0 aromatic heterocycles. The summed E-state index contributed by atoms with van der Waals surface area (Å²) in [7, 11) is 0. The number of benzene rings is 1. The zero-order valence-corrected chi connectivity index (χ0v) is 11.8. The van der Waals surface area contributed by atoms with Crippen LogP contribution in [0.3, 0.4) is 0 Å². The van der Waals surface area contributed by atoms with E-state index in [1.165, 1.54) is 11.1 Å². The van der Waals surface area contributed by atoms with Gasteiger partial charge in [-0.05, 0) is 30.4 Å². The van der Waals surface area contributed by atoms with Crippen LogP contribution in [0.1, 0.15) is 30.0 Å². The number of nitrogens with zero attached hydrogens (tertiary/aromatic N) is 1. The summed E-state index contributed by atoms with van der Waals surface area (Å²) < 4.78 is 5.35. The molecule has 20 heavy (non-hydrogen) atoms. The van der Waals surface area contributed by atoms with E-state index >= 15 is 0 Å². The Kier molecular flexibility index (Phi) is 4.03. The highest BCUT2D eigenvalue weighted by atomic mass is 16.5. The van der Waals surface area contributed by atoms with Crippen LogP contribution < -0.4 is 5.73 Å². The molecule has 2 N–H and O–H groups in total. The largest absolute Gasteiger partial charge is 0.381 e. The molecule has 1 fully saturated rings. The van der Waals surface area contributed by atoms with Gasteiger partial charge in [-0.2, -0.15) is 0 Å². The van der Waals surface area contributed by atoms with E-state index in [1.54, 1.807) is 0 Å². The standard InChI is InChI=1S/C16H22N2O2/c17-11-15-14-4-2-1-3-12(14)5-8-18(15)16(19)13-6-9-20-10-7-13/h1-4,13,15H,5-11,17H2. The van der Waals surface area contributed by atoms with Crippen molar-refractivity contribution in [2.24, 2.45) is 11.7 Å². The van der Waals surface area contributed by atoms with E-state index in [0.717, 1.165) is 25.8 Å². The van der Waals surface area contributed by atoms with Gasteiger partial charge in [0.05, 0.1) is 6.04 Å². The van der Waals surface area contributed by atoms with Crippen LogP contribution in [0.4, 0.5) is 0 Å². The van der Waals surface area contributed by atoms with Crippen molar-refractivity contribution in [2.45, 2.75) is 25.3 Å². The molecule has 2 aliphatic heterocycles. The quantitative estimate of drug-likeness (QED) is 0.889. The fourth-order valence-corrected chi connectivity index (χ4v) is 3.35. The van der Waals surface area contributed by atoms with Crippen LogP contribution in [0.15, 0.2) is 24.3 Å². The minimum atomic E-state index is 0.0373. The number of carbonyl (C=O) groups excluding carboxylic acids is 1. The van der Waals surface area contributed by atoms with Crippen molar-refractivity contribution in [3.8, 4) is 0 Å². The molecule has 1 aromatic carbocycles. The summed E-state index contributed by atoms with van der Waals surface area (Å²) >= 11 is 0. The Hall–Kier alpha value is -1.39. The van der Waals surface area contributed by atoms with Crippen LogP contribution in [0.5, 0.6) is 0 Å². The molecule has 1 unspecified atom stereocenters. The van der Waals surface area contributed by atoms with E-state index in [9.17, 15) is 4.79 Å². The van der Waals surface area contributed by atoms with Crippen LogP contribution in [0, 0.1) is 5.92 Å². The number of ether oxygens (including phenoxy) is 1. The molecular weight excluding hydrogens is 252 g/mol. The molecule has 0 spiro atoms. The van der Waals surface area contributed by atoms with Crippen molar-refractivity contribution in [1.29, 1.82) is 0 Å². The number of nitrogens with two attached hydrogens (primary N) is 1. The molecule has 1 amide bonds. The Labute approximate surface area is 119 Å². The highest BCUT2D eigenvalue weighted by Crippen LogP contribution is 2.31. The summed E-state index contributed by atoms with van der Waals surface area (Å²) in [6.45, 7) is 2.68. The summed E-state index contributed by atoms with van der Waals surface area (Å²) in [5, 5.41) is 0. The second kappa shape index (κ2) is 5.94. The van der Waals surface area contributed by atoms with Crippen molar-refractivity contribution < 1.29 is 9.53 Å². The van der Waals surface area contributed by atoms with E-state index in [-0.39, 0.29) is 17.9 Å². The van der Waals surface area contributed by atoms with E-state index in [2.05, 4.69) is 18.2 Å². The summed E-state index contributed by atoms with van der Waals surface area (Å²) in [5.74, 6) is 0.376. The summed E-state index contributed by atoms with van der Waals surface area (Å²) in [6.07, 6.45) is 2.62. The predicted octanol–water partition coefficient (Wildman–Crippen LogP) is 1.50. The molecule has 1 atom stereocenters. The van der Waals surface area contributed by atoms with E-state index in [1.807, 2.05) is 11.0 Å². The fraction of sp³-hybridized carbons (Fsp3) is 0.562. The Bertz CT molecular complexity index is 483. The Morgan fingerprint density at radius 2 is 2.05 bits per heavy atom. The van der Waals surface area contributed by atoms with Gasteiger partial charge in [0.1, 0.15) is 0 Å². The average molecular weight is 274 g/mol. The van der Waals surface area contributed by atoms with E-state index in [4.69, 9.17) is 10.5 Å². The van der Waals surface area contributed by atoms with Crippen molar-refractivity contribution in [3.63, 3.8) is 0 Å². The van der Waals surface area contributed by atoms with Crippen molar-refractivity contribution in [2.75, 3.05) is 26.3 Å². The average Bonchev–Trinajstić information content (AvgIpc) is 2.54. The first-order chi connectivity index (χ1) is 9.81. The first-order valence-electron chi connectivity index (χ1n) is 7.47. The third kappa shape index (κ3) is 2.45. The molecule has 0 saturated carbocycles. The smallest absolute Gasteiger partial charge is 0.226 e. The predicted molar refractivity (Wildman–Crippen MR) is 77.2 cm³/mol. The molecule has 1 saturated heterocycles. The second-order valence-electron chi connectivity index (χ2n) is 5.62. The van der Waals surface area contributed by atoms with Gasteiger partial charge in [-0.1, -0.05) is 24.3 Å². The maximum absolute atomic E-state index is 12.7. The SMILES string of the molecule is NCC1c2ccccc2CCN1C(=O)C1CCOCC1. The molecule has 4 heteroatoms. The zero-order valence-electron chi connectivity index (χ0n) is 11.8. The lowest BCUT2D eigenvalue weighted by atomic mass is 9.90. The molecule has 3 rings (SSSR count). The van der Waals surface area contributed by atoms with Crippen molar-refractivity contribution in [3.05, 3.63) is 35.4 Å². The van der Waals surface area contributed by atoms with Gasteiger partial charge in [-0.25, -0.2) is 0 Å². The lowest BCUT2D eigenvalue weighted by Crippen LogP contribution is -2.46. The number of rotatable bonds is 2. The molecule has 2 heterocycles. The lowest BCUT2D eigenvalue weighted by molar-refractivity contribution is -0.141. The van der Waals surface area contributed by atoms with E-state index in [0.29, 0.717) is 19.8 Å². The Balaban J connectivity index is 1.81. The summed E-state index contributed by atoms with van der Waals surface area (Å²) in [6, 6.07) is 8.38. The Morgan fingerprint density at radius 1 is 1.30 bits per heavy atom. The van der Waals surface area contributed by atoms with Gasteiger partial charge in [0.2, 0.25) is 5.91 Å². The van der Waals surface area contributed by atoms with Gasteiger partial charge >= 0.3 is 0 Å². The fourth-order valence-electron chi connectivity index (χ4n) is 3.35. The monoisotopic (exact) mass is 274 g/mol. The first kappa shape index (κ1) is 13.6. The highest BCUT2D eigenvalue weighted by Gasteiger charge is 2.33. The zero-order chi connectivity index (χ0) is 13.9. The van der Waals surface area contributed by atoms with Crippen molar-refractivity contribution in [1.82, 2.24) is 4.90 Å². The Morgan fingerprint density at radius 3 is 2.80 bits per heavy atom. The van der Waals surface area contributed by atoms with Crippen LogP contribution in [0.25, 0.3) is 0 Å². The lowest BCUT2D eigenvalue weighted by Gasteiger charge is -2.39. The maximum atomic E-state index is 12.7. The van der Waals surface area contributed by atoms with Gasteiger partial charge in [0, 0.05) is 32.2 Å². The van der Waals surface area contributed by atoms with Gasteiger partial charge in [0.25, 0.3) is 0 Å². The number of fused-ring (bicyclic) bond motifs is 1. The van der Waals surface area contributed by atoms with E-state index < -0.39 is 0 Å². The first-order valence-corrected chi connectivity index (χ1v) is 7.47. The normalized spacial score (nSPS) is 23.4. The number of hydrogen-bond acceptors (Lipinski definition) is 3. The summed E-state index contributed by atoms with van der Waals surface area (Å²) in [5.41, 5.74) is 8.51. The van der Waals surface area contributed by atoms with Crippen LogP contribution >= 0.6 is 0 Å². The maximum Gasteiger partial charge on any atom is 0.226 e.